The molecule has 0 heterocycles. The third-order valence-electron chi connectivity index (χ3n) is 5.66. The molecule has 0 amide bonds. The van der Waals surface area contributed by atoms with E-state index in [1.807, 2.05) is 0 Å². The van der Waals surface area contributed by atoms with Gasteiger partial charge in [-0.3, -0.25) is 4.79 Å². The van der Waals surface area contributed by atoms with Crippen LogP contribution in [-0.4, -0.2) is 58.3 Å². The summed E-state index contributed by atoms with van der Waals surface area (Å²) in [6, 6.07) is 9.71. The quantitative estimate of drug-likeness (QED) is 0.0448. The van der Waals surface area contributed by atoms with Crippen LogP contribution in [-0.2, 0) is 36.6 Å². The SMILES string of the molecule is C=CCOC(=O)O/C(=C\C(=O)CCc1ccc(OC(=O)OCC=C)c(OC)c1)CCc1ccc(OC(=O)OCC=C)c(OC)c1. The van der Waals surface area contributed by atoms with Crippen LogP contribution in [0, 0.1) is 0 Å². The highest BCUT2D eigenvalue weighted by Gasteiger charge is 2.16. The first-order valence-electron chi connectivity index (χ1n) is 13.7. The van der Waals surface area contributed by atoms with Gasteiger partial charge in [0.15, 0.2) is 28.8 Å². The Kier molecular flexibility index (Phi) is 15.6. The van der Waals surface area contributed by atoms with Gasteiger partial charge in [-0.15, -0.1) is 0 Å². The van der Waals surface area contributed by atoms with Gasteiger partial charge in [-0.2, -0.15) is 0 Å². The Morgan fingerprint density at radius 3 is 1.51 bits per heavy atom. The predicted molar refractivity (Wildman–Crippen MR) is 163 cm³/mol. The summed E-state index contributed by atoms with van der Waals surface area (Å²) in [5.41, 5.74) is 1.47. The fraction of sp³-hybridized carbons (Fsp3) is 0.273. The number of carbonyl (C=O) groups is 4. The van der Waals surface area contributed by atoms with Crippen molar-refractivity contribution in [3.05, 3.63) is 97.3 Å². The Bertz CT molecular complexity index is 1390. The molecule has 0 saturated carbocycles. The van der Waals surface area contributed by atoms with Crippen molar-refractivity contribution in [1.29, 1.82) is 0 Å². The summed E-state index contributed by atoms with van der Waals surface area (Å²) in [5.74, 6) is 0.624. The van der Waals surface area contributed by atoms with Gasteiger partial charge in [0.2, 0.25) is 0 Å². The molecule has 0 unspecified atom stereocenters. The van der Waals surface area contributed by atoms with E-state index < -0.39 is 18.5 Å². The monoisotopic (exact) mass is 624 g/mol. The van der Waals surface area contributed by atoms with Gasteiger partial charge in [0.1, 0.15) is 25.6 Å². The number of methoxy groups -OCH3 is 2. The van der Waals surface area contributed by atoms with E-state index in [1.165, 1.54) is 50.7 Å². The molecule has 0 spiro atoms. The number of carbonyl (C=O) groups excluding carboxylic acids is 4. The van der Waals surface area contributed by atoms with Gasteiger partial charge in [-0.05, 0) is 48.2 Å². The maximum Gasteiger partial charge on any atom is 0.514 e. The molecule has 0 atom stereocenters. The Labute approximate surface area is 261 Å². The molecule has 0 aliphatic rings. The molecule has 0 saturated heterocycles. The molecule has 0 aliphatic carbocycles. The maximum absolute atomic E-state index is 12.9. The fourth-order valence-corrected chi connectivity index (χ4v) is 3.60. The van der Waals surface area contributed by atoms with E-state index in [-0.39, 0.29) is 67.2 Å². The van der Waals surface area contributed by atoms with E-state index in [9.17, 15) is 19.2 Å². The van der Waals surface area contributed by atoms with Crippen LogP contribution in [0.15, 0.2) is 86.2 Å². The van der Waals surface area contributed by atoms with E-state index in [2.05, 4.69) is 19.7 Å². The number of allylic oxidation sites excluding steroid dienone is 2. The summed E-state index contributed by atoms with van der Waals surface area (Å²) < 4.78 is 40.8. The molecule has 45 heavy (non-hydrogen) atoms. The van der Waals surface area contributed by atoms with Crippen molar-refractivity contribution >= 4 is 24.2 Å². The smallest absolute Gasteiger partial charge is 0.493 e. The molecular formula is C33H36O12. The van der Waals surface area contributed by atoms with Crippen LogP contribution >= 0.6 is 0 Å². The van der Waals surface area contributed by atoms with Gasteiger partial charge in [-0.25, -0.2) is 14.4 Å². The Hall–Kier alpha value is -5.52. The van der Waals surface area contributed by atoms with Gasteiger partial charge in [-0.1, -0.05) is 50.1 Å². The van der Waals surface area contributed by atoms with Gasteiger partial charge in [0.05, 0.1) is 14.2 Å². The van der Waals surface area contributed by atoms with Crippen molar-refractivity contribution < 1.29 is 57.1 Å². The molecule has 240 valence electrons. The molecule has 12 heteroatoms. The summed E-state index contributed by atoms with van der Waals surface area (Å²) in [6.45, 7) is 10.3. The first-order valence-corrected chi connectivity index (χ1v) is 13.7. The zero-order valence-electron chi connectivity index (χ0n) is 25.2. The third kappa shape index (κ3) is 13.1. The highest BCUT2D eigenvalue weighted by molar-refractivity contribution is 5.90. The fourth-order valence-electron chi connectivity index (χ4n) is 3.60. The Morgan fingerprint density at radius 2 is 1.07 bits per heavy atom. The van der Waals surface area contributed by atoms with E-state index >= 15 is 0 Å². The van der Waals surface area contributed by atoms with Crippen molar-refractivity contribution in [1.82, 2.24) is 0 Å². The van der Waals surface area contributed by atoms with Crippen LogP contribution in [0.5, 0.6) is 23.0 Å². The summed E-state index contributed by atoms with van der Waals surface area (Å²) in [5, 5.41) is 0. The molecule has 0 bridgehead atoms. The average molecular weight is 625 g/mol. The third-order valence-corrected chi connectivity index (χ3v) is 5.66. The maximum atomic E-state index is 12.9. The molecule has 0 aromatic heterocycles. The van der Waals surface area contributed by atoms with Crippen molar-refractivity contribution in [3.8, 4) is 23.0 Å². The number of ketones is 1. The van der Waals surface area contributed by atoms with Crippen LogP contribution in [0.4, 0.5) is 14.4 Å². The lowest BCUT2D eigenvalue weighted by Gasteiger charge is -2.12. The summed E-state index contributed by atoms with van der Waals surface area (Å²) in [6.07, 6.45) is 3.50. The summed E-state index contributed by atoms with van der Waals surface area (Å²) >= 11 is 0. The van der Waals surface area contributed by atoms with Crippen LogP contribution in [0.2, 0.25) is 0 Å². The Morgan fingerprint density at radius 1 is 0.622 bits per heavy atom. The van der Waals surface area contributed by atoms with Crippen molar-refractivity contribution in [2.45, 2.75) is 25.7 Å². The van der Waals surface area contributed by atoms with Crippen LogP contribution in [0.1, 0.15) is 24.0 Å². The number of ether oxygens (including phenoxy) is 8. The molecule has 0 N–H and O–H groups in total. The number of rotatable bonds is 18. The lowest BCUT2D eigenvalue weighted by Crippen LogP contribution is -2.11. The topological polar surface area (TPSA) is 142 Å². The highest BCUT2D eigenvalue weighted by atomic mass is 16.7. The second-order valence-corrected chi connectivity index (χ2v) is 8.90. The molecule has 0 fully saturated rings. The number of hydrogen-bond donors (Lipinski definition) is 0. The summed E-state index contributed by atoms with van der Waals surface area (Å²) in [4.78, 5) is 48.6. The van der Waals surface area contributed by atoms with E-state index in [0.717, 1.165) is 11.1 Å². The zero-order valence-corrected chi connectivity index (χ0v) is 25.2. The minimum atomic E-state index is -0.986. The first kappa shape index (κ1) is 35.7. The lowest BCUT2D eigenvalue weighted by molar-refractivity contribution is -0.114. The molecule has 2 aromatic rings. The first-order chi connectivity index (χ1) is 21.7. The lowest BCUT2D eigenvalue weighted by atomic mass is 10.0. The van der Waals surface area contributed by atoms with Gasteiger partial charge in [0, 0.05) is 18.9 Å². The van der Waals surface area contributed by atoms with E-state index in [0.29, 0.717) is 12.8 Å². The van der Waals surface area contributed by atoms with Gasteiger partial charge >= 0.3 is 18.5 Å². The second kappa shape index (κ2) is 19.6. The minimum absolute atomic E-state index is 0.00329. The zero-order chi connectivity index (χ0) is 33.0. The molecular weight excluding hydrogens is 588 g/mol. The van der Waals surface area contributed by atoms with Gasteiger partial charge in [0.25, 0.3) is 0 Å². The van der Waals surface area contributed by atoms with Gasteiger partial charge < -0.3 is 37.9 Å². The van der Waals surface area contributed by atoms with Crippen LogP contribution in [0.3, 0.4) is 0 Å². The number of hydrogen-bond acceptors (Lipinski definition) is 12. The van der Waals surface area contributed by atoms with Crippen molar-refractivity contribution in [2.24, 2.45) is 0 Å². The van der Waals surface area contributed by atoms with E-state index in [1.54, 1.807) is 24.3 Å². The van der Waals surface area contributed by atoms with E-state index in [4.69, 9.17) is 37.9 Å². The van der Waals surface area contributed by atoms with Crippen molar-refractivity contribution in [3.63, 3.8) is 0 Å². The minimum Gasteiger partial charge on any atom is -0.493 e. The molecule has 2 aromatic carbocycles. The average Bonchev–Trinajstić information content (AvgIpc) is 3.04. The molecule has 2 rings (SSSR count). The number of aryl methyl sites for hydroxylation is 2. The van der Waals surface area contributed by atoms with Crippen molar-refractivity contribution in [2.75, 3.05) is 34.0 Å². The predicted octanol–water partition coefficient (Wildman–Crippen LogP) is 6.46. The normalized spacial score (nSPS) is 10.5. The molecule has 0 radical (unpaired) electrons. The second-order valence-electron chi connectivity index (χ2n) is 8.90. The van der Waals surface area contributed by atoms with Crippen LogP contribution < -0.4 is 18.9 Å². The Balaban J connectivity index is 2.11. The number of benzene rings is 2. The van der Waals surface area contributed by atoms with Crippen LogP contribution in [0.25, 0.3) is 0 Å². The molecule has 12 nitrogen and oxygen atoms in total. The standard InChI is InChI=1S/C33H36O12/c1-6-17-40-31(35)43-26(14-10-24-12-16-28(30(21-24)39-5)45-33(37)42-19-8-3)22-25(34)13-9-23-11-15-27(29(20-23)38-4)44-32(36)41-18-7-2/h6-8,11-12,15-16,20-22H,1-3,9-10,13-14,17-19H2,4-5H3/b26-22-. The largest absolute Gasteiger partial charge is 0.514 e. The highest BCUT2D eigenvalue weighted by Crippen LogP contribution is 2.30. The summed E-state index contributed by atoms with van der Waals surface area (Å²) in [7, 11) is 2.83. The molecule has 0 aliphatic heterocycles.